The Balaban J connectivity index is 2.49. The fourth-order valence-corrected chi connectivity index (χ4v) is 4.89. The van der Waals surface area contributed by atoms with Crippen molar-refractivity contribution in [3.8, 4) is 5.75 Å². The molecule has 170 valence electrons. The molecule has 0 unspecified atom stereocenters. The molecule has 1 N–H and O–H groups in total. The van der Waals surface area contributed by atoms with Crippen LogP contribution in [0.3, 0.4) is 0 Å². The highest BCUT2D eigenvalue weighted by Gasteiger charge is 2.41. The lowest BCUT2D eigenvalue weighted by molar-refractivity contribution is 0.0942. The van der Waals surface area contributed by atoms with Crippen LogP contribution in [0.4, 0.5) is 0 Å². The molecule has 1 aromatic carbocycles. The van der Waals surface area contributed by atoms with Crippen LogP contribution in [0.15, 0.2) is 27.7 Å². The Bertz CT molecular complexity index is 1030. The van der Waals surface area contributed by atoms with Crippen molar-refractivity contribution in [2.24, 2.45) is 0 Å². The Morgan fingerprint density at radius 3 is 2.26 bits per heavy atom. The number of amides is 1. The molecule has 1 amide bonds. The number of carbonyl (C=O) groups is 1. The van der Waals surface area contributed by atoms with Crippen molar-refractivity contribution >= 4 is 53.4 Å². The van der Waals surface area contributed by atoms with Gasteiger partial charge in [0, 0.05) is 22.6 Å². The van der Waals surface area contributed by atoms with E-state index in [1.54, 1.807) is 18.2 Å². The molecule has 0 saturated heterocycles. The predicted molar refractivity (Wildman–Crippen MR) is 132 cm³/mol. The third kappa shape index (κ3) is 6.12. The van der Waals surface area contributed by atoms with E-state index >= 15 is 0 Å². The fourth-order valence-electron chi connectivity index (χ4n) is 2.57. The number of hydrogen-bond acceptors (Lipinski definition) is 4. The van der Waals surface area contributed by atoms with E-state index in [1.165, 1.54) is 4.57 Å². The Morgan fingerprint density at radius 2 is 1.77 bits per heavy atom. The SMILES string of the molecule is CC(C)n1c(Br)nc(C(=O)NCc2cc(Cl)cc(Cl)c2)c(O[Si](C)(C)C(C)(C)C)c1=O. The minimum atomic E-state index is -2.41. The van der Waals surface area contributed by atoms with Gasteiger partial charge in [-0.05, 0) is 71.7 Å². The summed E-state index contributed by atoms with van der Waals surface area (Å²) in [5, 5.41) is 3.56. The van der Waals surface area contributed by atoms with Gasteiger partial charge in [-0.2, -0.15) is 0 Å². The first-order chi connectivity index (χ1) is 14.1. The second kappa shape index (κ2) is 9.64. The van der Waals surface area contributed by atoms with E-state index in [1.807, 2.05) is 26.9 Å². The molecule has 6 nitrogen and oxygen atoms in total. The summed E-state index contributed by atoms with van der Waals surface area (Å²) in [4.78, 5) is 30.7. The molecule has 0 radical (unpaired) electrons. The first kappa shape index (κ1) is 25.9. The van der Waals surface area contributed by atoms with Crippen molar-refractivity contribution < 1.29 is 9.22 Å². The summed E-state index contributed by atoms with van der Waals surface area (Å²) in [6, 6.07) is 4.87. The summed E-state index contributed by atoms with van der Waals surface area (Å²) in [6.45, 7) is 14.1. The summed E-state index contributed by atoms with van der Waals surface area (Å²) >= 11 is 15.4. The van der Waals surface area contributed by atoms with E-state index in [2.05, 4.69) is 47.0 Å². The monoisotopic (exact) mass is 547 g/mol. The Kier molecular flexibility index (Phi) is 8.06. The molecular weight excluding hydrogens is 521 g/mol. The standard InChI is InChI=1S/C21H28BrCl2N3O3Si/c1-12(2)27-19(29)17(30-31(6,7)21(3,4)5)16(26-20(27)22)18(28)25-11-13-8-14(23)10-15(24)9-13/h8-10,12H,11H2,1-7H3,(H,25,28). The van der Waals surface area contributed by atoms with Gasteiger partial charge >= 0.3 is 0 Å². The summed E-state index contributed by atoms with van der Waals surface area (Å²) in [6.07, 6.45) is 0. The van der Waals surface area contributed by atoms with Crippen molar-refractivity contribution in [3.63, 3.8) is 0 Å². The van der Waals surface area contributed by atoms with Crippen LogP contribution in [0.1, 0.15) is 56.7 Å². The van der Waals surface area contributed by atoms with E-state index in [-0.39, 0.29) is 33.8 Å². The van der Waals surface area contributed by atoms with Gasteiger partial charge in [0.05, 0.1) is 0 Å². The molecule has 1 heterocycles. The molecular formula is C21H28BrCl2N3O3Si. The summed E-state index contributed by atoms with van der Waals surface area (Å²) in [5.41, 5.74) is 0.289. The first-order valence-corrected chi connectivity index (χ1v) is 14.3. The molecule has 0 atom stereocenters. The van der Waals surface area contributed by atoms with Gasteiger partial charge in [0.2, 0.25) is 5.75 Å². The Labute approximate surface area is 202 Å². The number of carbonyl (C=O) groups excluding carboxylic acids is 1. The maximum Gasteiger partial charge on any atom is 0.296 e. The first-order valence-electron chi connectivity index (χ1n) is 9.88. The maximum absolute atomic E-state index is 13.3. The van der Waals surface area contributed by atoms with Crippen LogP contribution in [0.2, 0.25) is 28.2 Å². The minimum absolute atomic E-state index is 0.0230. The van der Waals surface area contributed by atoms with Crippen LogP contribution in [0.5, 0.6) is 5.75 Å². The summed E-state index contributed by atoms with van der Waals surface area (Å²) in [5.74, 6) is -0.538. The molecule has 31 heavy (non-hydrogen) atoms. The van der Waals surface area contributed by atoms with E-state index in [0.717, 1.165) is 5.56 Å². The molecule has 0 aliphatic rings. The quantitative estimate of drug-likeness (QED) is 0.344. The molecule has 0 spiro atoms. The van der Waals surface area contributed by atoms with Gasteiger partial charge in [-0.15, -0.1) is 0 Å². The molecule has 0 saturated carbocycles. The molecule has 1 aromatic heterocycles. The van der Waals surface area contributed by atoms with Crippen molar-refractivity contribution in [1.82, 2.24) is 14.9 Å². The molecule has 10 heteroatoms. The van der Waals surface area contributed by atoms with Crippen LogP contribution >= 0.6 is 39.1 Å². The highest BCUT2D eigenvalue weighted by molar-refractivity contribution is 9.10. The number of nitrogens with one attached hydrogen (secondary N) is 1. The van der Waals surface area contributed by atoms with Gasteiger partial charge < -0.3 is 9.74 Å². The summed E-state index contributed by atoms with van der Waals surface area (Å²) < 4.78 is 8.04. The lowest BCUT2D eigenvalue weighted by atomic mass is 10.2. The maximum atomic E-state index is 13.3. The van der Waals surface area contributed by atoms with E-state index < -0.39 is 19.8 Å². The van der Waals surface area contributed by atoms with Crippen LogP contribution in [-0.2, 0) is 6.54 Å². The van der Waals surface area contributed by atoms with E-state index in [4.69, 9.17) is 27.6 Å². The van der Waals surface area contributed by atoms with Gasteiger partial charge in [0.25, 0.3) is 19.8 Å². The van der Waals surface area contributed by atoms with Gasteiger partial charge in [-0.1, -0.05) is 44.0 Å². The van der Waals surface area contributed by atoms with Crippen LogP contribution in [-0.4, -0.2) is 23.8 Å². The number of hydrogen-bond donors (Lipinski definition) is 1. The Hall–Kier alpha value is -1.35. The average Bonchev–Trinajstić information content (AvgIpc) is 2.59. The predicted octanol–water partition coefficient (Wildman–Crippen LogP) is 6.21. The van der Waals surface area contributed by atoms with Crippen LogP contribution in [0.25, 0.3) is 0 Å². The van der Waals surface area contributed by atoms with E-state index in [9.17, 15) is 9.59 Å². The topological polar surface area (TPSA) is 73.2 Å². The molecule has 0 aliphatic carbocycles. The molecule has 2 rings (SSSR count). The van der Waals surface area contributed by atoms with Crippen LogP contribution in [0, 0.1) is 0 Å². The van der Waals surface area contributed by atoms with Crippen LogP contribution < -0.4 is 15.3 Å². The number of benzene rings is 1. The van der Waals surface area contributed by atoms with Crippen molar-refractivity contribution in [1.29, 1.82) is 0 Å². The number of nitrogens with zero attached hydrogens (tertiary/aromatic N) is 2. The van der Waals surface area contributed by atoms with Gasteiger partial charge in [-0.3, -0.25) is 14.2 Å². The highest BCUT2D eigenvalue weighted by Crippen LogP contribution is 2.37. The number of halogens is 3. The number of rotatable bonds is 6. The van der Waals surface area contributed by atoms with Crippen molar-refractivity contribution in [3.05, 3.63) is 54.6 Å². The average molecular weight is 549 g/mol. The van der Waals surface area contributed by atoms with Gasteiger partial charge in [0.1, 0.15) is 0 Å². The zero-order chi connectivity index (χ0) is 23.7. The molecule has 0 fully saturated rings. The highest BCUT2D eigenvalue weighted by atomic mass is 79.9. The molecule has 0 bridgehead atoms. The smallest absolute Gasteiger partial charge is 0.296 e. The second-order valence-corrected chi connectivity index (χ2v) is 15.5. The van der Waals surface area contributed by atoms with E-state index in [0.29, 0.717) is 10.0 Å². The Morgan fingerprint density at radius 1 is 1.23 bits per heavy atom. The zero-order valence-corrected chi connectivity index (χ0v) is 22.9. The molecule has 0 aliphatic heterocycles. The normalized spacial score (nSPS) is 12.2. The third-order valence-corrected chi connectivity index (χ3v) is 10.6. The zero-order valence-electron chi connectivity index (χ0n) is 18.8. The van der Waals surface area contributed by atoms with Crippen molar-refractivity contribution in [2.45, 2.75) is 65.3 Å². The largest absolute Gasteiger partial charge is 0.538 e. The third-order valence-electron chi connectivity index (χ3n) is 5.30. The lowest BCUT2D eigenvalue weighted by Gasteiger charge is -2.36. The number of aromatic nitrogens is 2. The van der Waals surface area contributed by atoms with Gasteiger partial charge in [-0.25, -0.2) is 4.98 Å². The van der Waals surface area contributed by atoms with Gasteiger partial charge in [0.15, 0.2) is 10.4 Å². The fraction of sp³-hybridized carbons (Fsp3) is 0.476. The minimum Gasteiger partial charge on any atom is -0.538 e. The van der Waals surface area contributed by atoms with Crippen molar-refractivity contribution in [2.75, 3.05) is 0 Å². The summed E-state index contributed by atoms with van der Waals surface area (Å²) in [7, 11) is -2.41. The lowest BCUT2D eigenvalue weighted by Crippen LogP contribution is -2.46. The molecule has 2 aromatic rings. The second-order valence-electron chi connectivity index (χ2n) is 9.15.